The lowest BCUT2D eigenvalue weighted by Crippen LogP contribution is -2.20. The van der Waals surface area contributed by atoms with Gasteiger partial charge in [-0.1, -0.05) is 78.7 Å². The highest BCUT2D eigenvalue weighted by Crippen LogP contribution is 2.44. The number of carboxylic acid groups (broad SMARTS) is 1. The number of carbonyl (C=O) groups is 1. The molecule has 3 aliphatic carbocycles. The van der Waals surface area contributed by atoms with Gasteiger partial charge in [-0.25, -0.2) is 43.1 Å². The van der Waals surface area contributed by atoms with Crippen LogP contribution in [-0.4, -0.2) is 123 Å². The third-order valence-electron chi connectivity index (χ3n) is 18.6. The first kappa shape index (κ1) is 81.8. The molecule has 0 aliphatic heterocycles. The molecule has 31 heteroatoms. The maximum absolute atomic E-state index is 14.3. The van der Waals surface area contributed by atoms with Gasteiger partial charge in [0.2, 0.25) is 0 Å². The minimum absolute atomic E-state index is 0. The van der Waals surface area contributed by atoms with E-state index in [0.29, 0.717) is 86.8 Å². The zero-order valence-corrected chi connectivity index (χ0v) is 64.1. The largest absolute Gasteiger partial charge is 0.487 e. The van der Waals surface area contributed by atoms with E-state index in [0.717, 1.165) is 112 Å². The summed E-state index contributed by atoms with van der Waals surface area (Å²) >= 11 is 3.42. The number of nitrogens with zero attached hydrogens (tertiary/aromatic N) is 15. The van der Waals surface area contributed by atoms with Crippen LogP contribution in [0.4, 0.5) is 37.6 Å². The van der Waals surface area contributed by atoms with Gasteiger partial charge >= 0.3 is 5.97 Å². The first-order valence-electron chi connectivity index (χ1n) is 35.1. The second kappa shape index (κ2) is 38.5. The fourth-order valence-electron chi connectivity index (χ4n) is 12.8. The first-order valence-corrected chi connectivity index (χ1v) is 35.9. The van der Waals surface area contributed by atoms with Crippen molar-refractivity contribution in [3.8, 4) is 68.3 Å². The number of nitrogens with two attached hydrogens (primary N) is 3. The highest BCUT2D eigenvalue weighted by molar-refractivity contribution is 9.10. The average molecular weight is 1560 g/mol. The van der Waals surface area contributed by atoms with Crippen molar-refractivity contribution in [2.24, 2.45) is 14.1 Å². The molecule has 28 nitrogen and oxygen atoms in total. The quantitative estimate of drug-likeness (QED) is 0.0329. The lowest BCUT2D eigenvalue weighted by atomic mass is 10.1. The number of ether oxygens (including phenoxy) is 7. The Morgan fingerprint density at radius 2 is 0.945 bits per heavy atom. The Labute approximate surface area is 640 Å². The van der Waals surface area contributed by atoms with Crippen LogP contribution in [0.3, 0.4) is 0 Å². The van der Waals surface area contributed by atoms with Crippen molar-refractivity contribution >= 4 is 61.8 Å². The summed E-state index contributed by atoms with van der Waals surface area (Å²) in [7, 11) is 11.8. The fourth-order valence-corrected chi connectivity index (χ4v) is 13.0. The Kier molecular flexibility index (Phi) is 28.9. The van der Waals surface area contributed by atoms with E-state index in [9.17, 15) is 13.6 Å². The number of aliphatic carboxylic acids is 1. The molecule has 3 aliphatic rings. The number of anilines is 3. The molecule has 5 aromatic carbocycles. The van der Waals surface area contributed by atoms with Gasteiger partial charge in [-0.2, -0.15) is 15.3 Å². The van der Waals surface area contributed by atoms with Gasteiger partial charge in [0.05, 0.1) is 67.0 Å². The van der Waals surface area contributed by atoms with Crippen LogP contribution >= 0.6 is 15.9 Å². The van der Waals surface area contributed by atoms with Crippen LogP contribution in [-0.2, 0) is 46.3 Å². The number of benzene rings is 5. The molecule has 574 valence electrons. The number of rotatable bonds is 21. The van der Waals surface area contributed by atoms with Gasteiger partial charge in [-0.15, -0.1) is 0 Å². The SMILES string of the molecule is CN(C)CC(=O)O.COC(OC)OC.Cc1ncc(COc2cc(F)cc(Oc3ccc(-c4nn(C5CCCC5)c5ncnc(N)c45)cc3)c2)n1C.N.[C-]#[N+]c1c(-c2ccc(Br)cc2)nn(C2CCCC2)c1N.[C-]#[N+]c1c(-c2ccc(Oc3cc(F)cc(OCc4cnc(C)n4C)c3)cc2)nn(C2CCCC2)c1N. The minimum atomic E-state index is -0.787. The van der Waals surface area contributed by atoms with E-state index in [2.05, 4.69) is 70.0 Å². The van der Waals surface area contributed by atoms with Crippen molar-refractivity contribution in [1.29, 1.82) is 0 Å². The molecule has 14 rings (SSSR count). The predicted octanol–water partition coefficient (Wildman–Crippen LogP) is 16.7. The van der Waals surface area contributed by atoms with Crippen LogP contribution in [0.2, 0.25) is 0 Å². The summed E-state index contributed by atoms with van der Waals surface area (Å²) in [4.78, 5) is 35.8. The summed E-state index contributed by atoms with van der Waals surface area (Å²) in [5, 5.41) is 23.0. The van der Waals surface area contributed by atoms with E-state index in [1.54, 1.807) is 60.3 Å². The van der Waals surface area contributed by atoms with Gasteiger partial charge in [0.1, 0.15) is 112 Å². The highest BCUT2D eigenvalue weighted by atomic mass is 79.9. The number of aromatic nitrogens is 12. The van der Waals surface area contributed by atoms with Crippen molar-refractivity contribution in [3.63, 3.8) is 0 Å². The Hall–Kier alpha value is -11.3. The minimum Gasteiger partial charge on any atom is -0.487 e. The molecule has 0 bridgehead atoms. The molecule has 6 heterocycles. The lowest BCUT2D eigenvalue weighted by molar-refractivity contribution is -0.252. The maximum Gasteiger partial charge on any atom is 0.317 e. The van der Waals surface area contributed by atoms with Gasteiger partial charge in [0.15, 0.2) is 5.65 Å². The summed E-state index contributed by atoms with van der Waals surface area (Å²) in [6, 6.07) is 31.9. The van der Waals surface area contributed by atoms with E-state index in [1.807, 2.05) is 107 Å². The zero-order valence-electron chi connectivity index (χ0n) is 62.5. The molecule has 0 amide bonds. The topological polar surface area (TPSA) is 342 Å². The second-order valence-corrected chi connectivity index (χ2v) is 27.2. The number of hydrogen-bond acceptors (Lipinski definition) is 20. The fraction of sp³-hybridized carbons (Fsp3) is 0.359. The first-order chi connectivity index (χ1) is 52.1. The average Bonchev–Trinajstić information content (AvgIpc) is 1.62. The van der Waals surface area contributed by atoms with Crippen molar-refractivity contribution in [1.82, 2.24) is 69.5 Å². The number of aryl methyl sites for hydroxylation is 2. The summed E-state index contributed by atoms with van der Waals surface area (Å²) in [6.07, 6.45) is 18.5. The van der Waals surface area contributed by atoms with Crippen LogP contribution in [0.15, 0.2) is 132 Å². The molecule has 109 heavy (non-hydrogen) atoms. The normalized spacial score (nSPS) is 13.4. The molecule has 0 radical (unpaired) electrons. The highest BCUT2D eigenvalue weighted by Gasteiger charge is 2.28. The molecule has 0 saturated heterocycles. The van der Waals surface area contributed by atoms with Gasteiger partial charge in [-0.05, 0) is 126 Å². The van der Waals surface area contributed by atoms with Gasteiger partial charge < -0.3 is 70.8 Å². The molecule has 6 aromatic heterocycles. The van der Waals surface area contributed by atoms with E-state index in [1.165, 1.54) is 77.6 Å². The number of halogens is 3. The van der Waals surface area contributed by atoms with E-state index >= 15 is 0 Å². The Morgan fingerprint density at radius 1 is 0.569 bits per heavy atom. The molecular weight excluding hydrogens is 1460 g/mol. The Bertz CT molecular complexity index is 4910. The Balaban J connectivity index is 0.000000178. The van der Waals surface area contributed by atoms with Crippen LogP contribution in [0.5, 0.6) is 34.5 Å². The van der Waals surface area contributed by atoms with Crippen molar-refractivity contribution in [2.75, 3.05) is 59.2 Å². The van der Waals surface area contributed by atoms with E-state index in [4.69, 9.17) is 59.5 Å². The number of nitrogen functional groups attached to an aromatic ring is 3. The van der Waals surface area contributed by atoms with Gasteiger partial charge in [0, 0.05) is 81.9 Å². The number of methoxy groups -OCH3 is 3. The molecule has 3 fully saturated rings. The van der Waals surface area contributed by atoms with Gasteiger partial charge in [-0.3, -0.25) is 19.1 Å². The molecule has 3 saturated carbocycles. The summed E-state index contributed by atoms with van der Waals surface area (Å²) in [5.41, 5.74) is 26.6. The van der Waals surface area contributed by atoms with E-state index < -0.39 is 24.1 Å². The third-order valence-corrected chi connectivity index (χ3v) is 19.1. The zero-order chi connectivity index (χ0) is 77.1. The molecule has 0 spiro atoms. The number of fused-ring (bicyclic) bond motifs is 1. The van der Waals surface area contributed by atoms with Crippen molar-refractivity contribution in [2.45, 2.75) is 129 Å². The lowest BCUT2D eigenvalue weighted by Gasteiger charge is -2.12. The van der Waals surface area contributed by atoms with Crippen LogP contribution in [0.1, 0.15) is 118 Å². The summed E-state index contributed by atoms with van der Waals surface area (Å²) in [5.74, 6) is 3.83. The maximum atomic E-state index is 14.3. The number of likely N-dealkylation sites (N-methyl/N-ethyl adjacent to an activating group) is 1. The Morgan fingerprint density at radius 3 is 1.29 bits per heavy atom. The standard InChI is InChI=1S/C28H28FN7O2.C27H27FN6O2.C15H15BrN4.C4H9NO2.C4H10O3.H3N/c1-17-31-14-21(35(17)2)15-37-23-11-19(29)12-24(13-23)38-22-9-7-18(8-10-22)26-25-27(30)32-16-33-28(25)36(34-26)20-5-3-4-6-20;1-17-31-15-21(33(17)3)16-35-23-12-19(28)13-24(14-23)36-22-10-8-18(9-11-22)25-26(30-2)27(29)34(32-25)20-6-4-5-7-20;1-18-14-13(10-6-8-11(16)9-7-10)19-20(15(14)17)12-4-2-3-5-12;1-5(2)3-4(6)7;1-5-4(6-2)7-3;/h7-14,16,20H,3-6,15H2,1-2H3,(H2,30,32,33);8-15,20H,4-7,16,29H2,1,3H3;6-9,12H,2-5,17H2;3H2,1-2H3,(H,6,7);4H,1-3H3;1H3. The molecular formula is C78H92BrF2N19O9. The van der Waals surface area contributed by atoms with Crippen LogP contribution < -0.4 is 42.3 Å². The molecule has 11 aromatic rings. The molecule has 0 atom stereocenters. The summed E-state index contributed by atoms with van der Waals surface area (Å²) in [6.45, 7) is 18.9. The van der Waals surface area contributed by atoms with Gasteiger partial charge in [0.25, 0.3) is 17.9 Å². The third kappa shape index (κ3) is 20.9. The van der Waals surface area contributed by atoms with E-state index in [-0.39, 0.29) is 32.0 Å². The van der Waals surface area contributed by atoms with Crippen LogP contribution in [0.25, 0.3) is 54.5 Å². The summed E-state index contributed by atoms with van der Waals surface area (Å²) < 4.78 is 76.3. The monoisotopic (exact) mass is 1560 g/mol. The van der Waals surface area contributed by atoms with Crippen LogP contribution in [0, 0.1) is 38.6 Å². The number of hydrogen-bond donors (Lipinski definition) is 5. The molecule has 0 unspecified atom stereocenters. The second-order valence-electron chi connectivity index (χ2n) is 26.3. The van der Waals surface area contributed by atoms with Crippen molar-refractivity contribution < 1.29 is 51.8 Å². The predicted molar refractivity (Wildman–Crippen MR) is 416 cm³/mol. The van der Waals surface area contributed by atoms with Crippen molar-refractivity contribution in [3.05, 3.63) is 190 Å². The number of carboxylic acids is 1. The molecule has 10 N–H and O–H groups in total. The smallest absolute Gasteiger partial charge is 0.317 e. The number of imidazole rings is 2.